The number of ether oxygens (including phenoxy) is 1. The minimum Gasteiger partial charge on any atom is -0.496 e. The van der Waals surface area contributed by atoms with E-state index in [0.717, 1.165) is 28.3 Å². The SMILES string of the molecule is COc1c(C)cnc(CC(N)c2ccc(Cl)cn2)c1C. The first-order valence-corrected chi connectivity index (χ1v) is 6.76. The third-order valence-corrected chi connectivity index (χ3v) is 3.52. The Morgan fingerprint density at radius 3 is 2.60 bits per heavy atom. The van der Waals surface area contributed by atoms with Gasteiger partial charge in [0.1, 0.15) is 5.75 Å². The number of pyridine rings is 2. The van der Waals surface area contributed by atoms with Crippen LogP contribution in [0.25, 0.3) is 0 Å². The maximum Gasteiger partial charge on any atom is 0.128 e. The first kappa shape index (κ1) is 14.8. The Morgan fingerprint density at radius 1 is 1.25 bits per heavy atom. The Bertz CT molecular complexity index is 599. The van der Waals surface area contributed by atoms with E-state index < -0.39 is 0 Å². The number of halogens is 1. The maximum absolute atomic E-state index is 6.19. The molecule has 2 aromatic rings. The van der Waals surface area contributed by atoms with E-state index in [1.165, 1.54) is 0 Å². The highest BCUT2D eigenvalue weighted by molar-refractivity contribution is 6.30. The number of hydrogen-bond donors (Lipinski definition) is 1. The number of nitrogens with zero attached hydrogens (tertiary/aromatic N) is 2. The minimum absolute atomic E-state index is 0.217. The minimum atomic E-state index is -0.217. The van der Waals surface area contributed by atoms with Crippen molar-refractivity contribution in [2.24, 2.45) is 5.73 Å². The molecule has 2 N–H and O–H groups in total. The highest BCUT2D eigenvalue weighted by Crippen LogP contribution is 2.26. The summed E-state index contributed by atoms with van der Waals surface area (Å²) >= 11 is 5.83. The molecule has 0 aliphatic heterocycles. The Labute approximate surface area is 124 Å². The van der Waals surface area contributed by atoms with E-state index in [2.05, 4.69) is 9.97 Å². The summed E-state index contributed by atoms with van der Waals surface area (Å²) in [7, 11) is 1.67. The van der Waals surface area contributed by atoms with E-state index in [1.54, 1.807) is 19.4 Å². The lowest BCUT2D eigenvalue weighted by molar-refractivity contribution is 0.406. The predicted octanol–water partition coefficient (Wildman–Crippen LogP) is 3.00. The van der Waals surface area contributed by atoms with Crippen molar-refractivity contribution in [1.82, 2.24) is 9.97 Å². The van der Waals surface area contributed by atoms with Gasteiger partial charge in [0.15, 0.2) is 0 Å². The summed E-state index contributed by atoms with van der Waals surface area (Å²) in [5.74, 6) is 0.867. The van der Waals surface area contributed by atoms with Crippen molar-refractivity contribution in [1.29, 1.82) is 0 Å². The van der Waals surface area contributed by atoms with Crippen LogP contribution in [0.3, 0.4) is 0 Å². The van der Waals surface area contributed by atoms with Gasteiger partial charge in [0.05, 0.1) is 23.9 Å². The second-order valence-corrected chi connectivity index (χ2v) is 5.19. The average molecular weight is 292 g/mol. The third kappa shape index (κ3) is 3.08. The van der Waals surface area contributed by atoms with Crippen LogP contribution in [-0.4, -0.2) is 17.1 Å². The molecule has 2 aromatic heterocycles. The zero-order chi connectivity index (χ0) is 14.7. The molecule has 0 saturated carbocycles. The summed E-state index contributed by atoms with van der Waals surface area (Å²) in [5, 5.41) is 0.604. The summed E-state index contributed by atoms with van der Waals surface area (Å²) in [6.45, 7) is 3.97. The molecule has 106 valence electrons. The molecule has 0 aromatic carbocycles. The summed E-state index contributed by atoms with van der Waals surface area (Å²) in [6, 6.07) is 3.42. The molecule has 0 spiro atoms. The van der Waals surface area contributed by atoms with Crippen LogP contribution >= 0.6 is 11.6 Å². The van der Waals surface area contributed by atoms with Gasteiger partial charge in [0.2, 0.25) is 0 Å². The lowest BCUT2D eigenvalue weighted by Crippen LogP contribution is -2.16. The Kier molecular flexibility index (Phi) is 4.57. The number of methoxy groups -OCH3 is 1. The van der Waals surface area contributed by atoms with Gasteiger partial charge in [-0.05, 0) is 26.0 Å². The van der Waals surface area contributed by atoms with Crippen LogP contribution < -0.4 is 10.5 Å². The van der Waals surface area contributed by atoms with Crippen LogP contribution in [0, 0.1) is 13.8 Å². The van der Waals surface area contributed by atoms with Crippen molar-refractivity contribution in [3.63, 3.8) is 0 Å². The van der Waals surface area contributed by atoms with Crippen LogP contribution in [0.4, 0.5) is 0 Å². The third-order valence-electron chi connectivity index (χ3n) is 3.29. The largest absolute Gasteiger partial charge is 0.496 e. The highest BCUT2D eigenvalue weighted by Gasteiger charge is 2.14. The first-order chi connectivity index (χ1) is 9.52. The molecule has 20 heavy (non-hydrogen) atoms. The molecule has 5 heteroatoms. The van der Waals surface area contributed by atoms with E-state index in [0.29, 0.717) is 11.4 Å². The van der Waals surface area contributed by atoms with E-state index in [1.807, 2.05) is 26.1 Å². The zero-order valence-electron chi connectivity index (χ0n) is 11.9. The van der Waals surface area contributed by atoms with E-state index in [4.69, 9.17) is 22.1 Å². The highest BCUT2D eigenvalue weighted by atomic mass is 35.5. The van der Waals surface area contributed by atoms with Gasteiger partial charge < -0.3 is 10.5 Å². The van der Waals surface area contributed by atoms with Crippen molar-refractivity contribution in [2.75, 3.05) is 7.11 Å². The Balaban J connectivity index is 2.23. The van der Waals surface area contributed by atoms with Crippen LogP contribution in [0.2, 0.25) is 5.02 Å². The van der Waals surface area contributed by atoms with Gasteiger partial charge in [-0.2, -0.15) is 0 Å². The van der Waals surface area contributed by atoms with E-state index in [-0.39, 0.29) is 6.04 Å². The Hall–Kier alpha value is -1.65. The van der Waals surface area contributed by atoms with E-state index >= 15 is 0 Å². The number of hydrogen-bond acceptors (Lipinski definition) is 4. The van der Waals surface area contributed by atoms with Gasteiger partial charge in [0, 0.05) is 35.6 Å². The van der Waals surface area contributed by atoms with Crippen molar-refractivity contribution in [2.45, 2.75) is 26.3 Å². The fraction of sp³-hybridized carbons (Fsp3) is 0.333. The van der Waals surface area contributed by atoms with Gasteiger partial charge in [-0.1, -0.05) is 11.6 Å². The summed E-state index contributed by atoms with van der Waals surface area (Å²) in [6.07, 6.45) is 4.02. The molecule has 2 heterocycles. The molecule has 0 radical (unpaired) electrons. The fourth-order valence-electron chi connectivity index (χ4n) is 2.20. The normalized spacial score (nSPS) is 12.2. The van der Waals surface area contributed by atoms with Crippen LogP contribution in [0.5, 0.6) is 5.75 Å². The number of aryl methyl sites for hydroxylation is 1. The average Bonchev–Trinajstić information content (AvgIpc) is 2.43. The standard InChI is InChI=1S/C15H18ClN3O/c1-9-7-18-14(10(2)15(9)20-3)6-12(17)13-5-4-11(16)8-19-13/h4-5,7-8,12H,6,17H2,1-3H3. The number of rotatable bonds is 4. The number of nitrogens with two attached hydrogens (primary N) is 1. The summed E-state index contributed by atoms with van der Waals surface area (Å²) in [4.78, 5) is 8.70. The van der Waals surface area contributed by atoms with Crippen LogP contribution in [0.1, 0.15) is 28.6 Å². The van der Waals surface area contributed by atoms with Crippen molar-refractivity contribution >= 4 is 11.6 Å². The second kappa shape index (κ2) is 6.20. The number of aromatic nitrogens is 2. The molecular weight excluding hydrogens is 274 g/mol. The van der Waals surface area contributed by atoms with Gasteiger partial charge in [-0.25, -0.2) is 0 Å². The van der Waals surface area contributed by atoms with Crippen molar-refractivity contribution in [3.8, 4) is 5.75 Å². The van der Waals surface area contributed by atoms with Gasteiger partial charge >= 0.3 is 0 Å². The topological polar surface area (TPSA) is 61.0 Å². The lowest BCUT2D eigenvalue weighted by Gasteiger charge is -2.15. The molecule has 1 unspecified atom stereocenters. The molecule has 0 fully saturated rings. The predicted molar refractivity (Wildman–Crippen MR) is 80.1 cm³/mol. The Morgan fingerprint density at radius 2 is 2.00 bits per heavy atom. The fourth-order valence-corrected chi connectivity index (χ4v) is 2.31. The molecule has 0 aliphatic rings. The molecule has 0 aliphatic carbocycles. The van der Waals surface area contributed by atoms with E-state index in [9.17, 15) is 0 Å². The van der Waals surface area contributed by atoms with Crippen molar-refractivity contribution in [3.05, 3.63) is 52.1 Å². The summed E-state index contributed by atoms with van der Waals surface area (Å²) < 4.78 is 5.41. The maximum atomic E-state index is 6.19. The quantitative estimate of drug-likeness (QED) is 0.941. The monoisotopic (exact) mass is 291 g/mol. The van der Waals surface area contributed by atoms with Gasteiger partial charge in [-0.15, -0.1) is 0 Å². The first-order valence-electron chi connectivity index (χ1n) is 6.39. The van der Waals surface area contributed by atoms with Crippen LogP contribution in [0.15, 0.2) is 24.5 Å². The smallest absolute Gasteiger partial charge is 0.128 e. The lowest BCUT2D eigenvalue weighted by atomic mass is 10.0. The zero-order valence-corrected chi connectivity index (χ0v) is 12.6. The molecule has 0 saturated heterocycles. The summed E-state index contributed by atoms with van der Waals surface area (Å²) in [5.41, 5.74) is 9.96. The van der Waals surface area contributed by atoms with Crippen molar-refractivity contribution < 1.29 is 4.74 Å². The van der Waals surface area contributed by atoms with Gasteiger partial charge in [-0.3, -0.25) is 9.97 Å². The molecule has 4 nitrogen and oxygen atoms in total. The molecule has 2 rings (SSSR count). The molecule has 0 amide bonds. The molecule has 0 bridgehead atoms. The van der Waals surface area contributed by atoms with Gasteiger partial charge in [0.25, 0.3) is 0 Å². The van der Waals surface area contributed by atoms with Crippen LogP contribution in [-0.2, 0) is 6.42 Å². The molecule has 1 atom stereocenters. The molecular formula is C15H18ClN3O. The second-order valence-electron chi connectivity index (χ2n) is 4.76.